The summed E-state index contributed by atoms with van der Waals surface area (Å²) in [6, 6.07) is 8.92. The lowest BCUT2D eigenvalue weighted by Crippen LogP contribution is -2.24. The molecule has 1 aliphatic heterocycles. The Labute approximate surface area is 102 Å². The molecule has 3 heteroatoms. The second-order valence-corrected chi connectivity index (χ2v) is 4.65. The molecule has 0 fully saturated rings. The van der Waals surface area contributed by atoms with Gasteiger partial charge in [-0.05, 0) is 24.1 Å². The van der Waals surface area contributed by atoms with E-state index in [1.165, 1.54) is 11.1 Å². The van der Waals surface area contributed by atoms with E-state index in [9.17, 15) is 0 Å². The predicted octanol–water partition coefficient (Wildman–Crippen LogP) is 2.56. The van der Waals surface area contributed by atoms with Crippen LogP contribution in [-0.2, 0) is 6.54 Å². The quantitative estimate of drug-likeness (QED) is 0.843. The number of fused-ring (bicyclic) bond motifs is 1. The summed E-state index contributed by atoms with van der Waals surface area (Å²) in [5.74, 6) is 0. The molecule has 1 unspecified atom stereocenters. The summed E-state index contributed by atoms with van der Waals surface area (Å²) in [5, 5.41) is 7.53. The summed E-state index contributed by atoms with van der Waals surface area (Å²) in [6.45, 7) is 6.36. The molecule has 0 amide bonds. The third-order valence-electron chi connectivity index (χ3n) is 2.90. The first kappa shape index (κ1) is 11.6. The van der Waals surface area contributed by atoms with Crippen LogP contribution < -0.4 is 10.6 Å². The van der Waals surface area contributed by atoms with Crippen LogP contribution in [0.3, 0.4) is 0 Å². The summed E-state index contributed by atoms with van der Waals surface area (Å²) < 4.78 is 0. The number of hydrogen-bond donors (Lipinski definition) is 2. The molecule has 0 bridgehead atoms. The highest BCUT2D eigenvalue weighted by atomic mass is 35.5. The van der Waals surface area contributed by atoms with Gasteiger partial charge in [-0.1, -0.05) is 42.4 Å². The van der Waals surface area contributed by atoms with Crippen LogP contribution in [0, 0.1) is 0 Å². The Kier molecular flexibility index (Phi) is 3.99. The van der Waals surface area contributed by atoms with Gasteiger partial charge in [-0.25, -0.2) is 0 Å². The number of benzene rings is 1. The lowest BCUT2D eigenvalue weighted by Gasteiger charge is -2.18. The van der Waals surface area contributed by atoms with Crippen molar-refractivity contribution in [3.8, 4) is 0 Å². The maximum atomic E-state index is 5.79. The third-order valence-corrected chi connectivity index (χ3v) is 3.03. The molecule has 86 valence electrons. The molecule has 2 rings (SSSR count). The van der Waals surface area contributed by atoms with E-state index in [1.807, 2.05) is 0 Å². The molecule has 16 heavy (non-hydrogen) atoms. The largest absolute Gasteiger partial charge is 0.313 e. The molecule has 2 nitrogen and oxygen atoms in total. The Bertz CT molecular complexity index is 376. The molecule has 2 N–H and O–H groups in total. The fraction of sp³-hybridized carbons (Fsp3) is 0.385. The molecule has 0 radical (unpaired) electrons. The van der Waals surface area contributed by atoms with Crippen molar-refractivity contribution >= 4 is 11.6 Å². The zero-order valence-electron chi connectivity index (χ0n) is 9.30. The number of hydrogen-bond acceptors (Lipinski definition) is 2. The smallest absolute Gasteiger partial charge is 0.0338 e. The Balaban J connectivity index is 2.15. The van der Waals surface area contributed by atoms with E-state index < -0.39 is 0 Å². The fourth-order valence-electron chi connectivity index (χ4n) is 2.11. The molecular weight excluding hydrogens is 220 g/mol. The van der Waals surface area contributed by atoms with Gasteiger partial charge in [0.25, 0.3) is 0 Å². The Morgan fingerprint density at radius 3 is 3.12 bits per heavy atom. The van der Waals surface area contributed by atoms with Crippen LogP contribution in [0.25, 0.3) is 0 Å². The highest BCUT2D eigenvalue weighted by Crippen LogP contribution is 2.23. The van der Waals surface area contributed by atoms with Crippen molar-refractivity contribution in [3.63, 3.8) is 0 Å². The maximum Gasteiger partial charge on any atom is 0.0338 e. The van der Waals surface area contributed by atoms with Crippen LogP contribution in [0.1, 0.15) is 23.6 Å². The Morgan fingerprint density at radius 2 is 2.31 bits per heavy atom. The molecule has 0 saturated heterocycles. The first-order chi connectivity index (χ1) is 7.77. The average Bonchev–Trinajstić information content (AvgIpc) is 2.48. The fourth-order valence-corrected chi connectivity index (χ4v) is 2.18. The lowest BCUT2D eigenvalue weighted by molar-refractivity contribution is 0.520. The minimum atomic E-state index is 0.377. The zero-order chi connectivity index (χ0) is 11.4. The van der Waals surface area contributed by atoms with Gasteiger partial charge < -0.3 is 10.6 Å². The topological polar surface area (TPSA) is 24.1 Å². The van der Waals surface area contributed by atoms with Gasteiger partial charge in [0, 0.05) is 24.2 Å². The van der Waals surface area contributed by atoms with E-state index >= 15 is 0 Å². The van der Waals surface area contributed by atoms with E-state index in [1.54, 1.807) is 0 Å². The van der Waals surface area contributed by atoms with Crippen molar-refractivity contribution in [2.45, 2.75) is 19.0 Å². The van der Waals surface area contributed by atoms with Gasteiger partial charge in [0.2, 0.25) is 0 Å². The maximum absolute atomic E-state index is 5.79. The normalized spacial score (nSPS) is 19.9. The van der Waals surface area contributed by atoms with E-state index in [0.29, 0.717) is 17.6 Å². The van der Waals surface area contributed by atoms with Gasteiger partial charge in [-0.15, -0.1) is 0 Å². The van der Waals surface area contributed by atoms with Crippen LogP contribution in [0.2, 0.25) is 0 Å². The number of rotatable bonds is 3. The highest BCUT2D eigenvalue weighted by Gasteiger charge is 2.16. The SMILES string of the molecule is C=C(Cl)CNC1CCNCc2ccccc21. The van der Waals surface area contributed by atoms with E-state index in [4.69, 9.17) is 11.6 Å². The van der Waals surface area contributed by atoms with Crippen LogP contribution in [0.4, 0.5) is 0 Å². The molecule has 0 aromatic heterocycles. The van der Waals surface area contributed by atoms with Crippen LogP contribution in [0.15, 0.2) is 35.9 Å². The van der Waals surface area contributed by atoms with Crippen molar-refractivity contribution in [2.75, 3.05) is 13.1 Å². The summed E-state index contributed by atoms with van der Waals surface area (Å²) in [7, 11) is 0. The Morgan fingerprint density at radius 1 is 1.50 bits per heavy atom. The van der Waals surface area contributed by atoms with Crippen molar-refractivity contribution in [2.24, 2.45) is 0 Å². The van der Waals surface area contributed by atoms with Crippen molar-refractivity contribution in [1.29, 1.82) is 0 Å². The average molecular weight is 237 g/mol. The lowest BCUT2D eigenvalue weighted by atomic mass is 9.99. The summed E-state index contributed by atoms with van der Waals surface area (Å²) >= 11 is 5.79. The van der Waals surface area contributed by atoms with Crippen LogP contribution in [-0.4, -0.2) is 13.1 Å². The van der Waals surface area contributed by atoms with Crippen LogP contribution in [0.5, 0.6) is 0 Å². The van der Waals surface area contributed by atoms with Crippen LogP contribution >= 0.6 is 11.6 Å². The van der Waals surface area contributed by atoms with Crippen molar-refractivity contribution in [3.05, 3.63) is 47.0 Å². The predicted molar refractivity (Wildman–Crippen MR) is 68.5 cm³/mol. The molecule has 1 heterocycles. The third kappa shape index (κ3) is 2.85. The molecule has 0 aliphatic carbocycles. The minimum absolute atomic E-state index is 0.377. The molecular formula is C13H17ClN2. The second-order valence-electron chi connectivity index (χ2n) is 4.12. The van der Waals surface area contributed by atoms with E-state index in [2.05, 4.69) is 41.5 Å². The Hall–Kier alpha value is -0.830. The zero-order valence-corrected chi connectivity index (χ0v) is 10.1. The standard InChI is InChI=1S/C13H17ClN2/c1-10(14)8-16-13-6-7-15-9-11-4-2-3-5-12(11)13/h2-5,13,15-16H,1,6-9H2. The summed E-state index contributed by atoms with van der Waals surface area (Å²) in [6.07, 6.45) is 1.08. The monoisotopic (exact) mass is 236 g/mol. The van der Waals surface area contributed by atoms with Gasteiger partial charge in [0.05, 0.1) is 0 Å². The van der Waals surface area contributed by atoms with Gasteiger partial charge in [0.1, 0.15) is 0 Å². The van der Waals surface area contributed by atoms with Gasteiger partial charge >= 0.3 is 0 Å². The minimum Gasteiger partial charge on any atom is -0.313 e. The highest BCUT2D eigenvalue weighted by molar-refractivity contribution is 6.29. The molecule has 1 aliphatic rings. The number of nitrogens with one attached hydrogen (secondary N) is 2. The van der Waals surface area contributed by atoms with Gasteiger partial charge in [-0.2, -0.15) is 0 Å². The first-order valence-corrected chi connectivity index (χ1v) is 6.00. The van der Waals surface area contributed by atoms with Crippen molar-refractivity contribution < 1.29 is 0 Å². The molecule has 0 saturated carbocycles. The first-order valence-electron chi connectivity index (χ1n) is 5.62. The number of halogens is 1. The molecule has 1 aromatic rings. The van der Waals surface area contributed by atoms with Crippen molar-refractivity contribution in [1.82, 2.24) is 10.6 Å². The summed E-state index contributed by atoms with van der Waals surface area (Å²) in [5.41, 5.74) is 2.75. The van der Waals surface area contributed by atoms with Gasteiger partial charge in [-0.3, -0.25) is 0 Å². The second kappa shape index (κ2) is 5.48. The summed E-state index contributed by atoms with van der Waals surface area (Å²) in [4.78, 5) is 0. The molecule has 1 aromatic carbocycles. The molecule has 0 spiro atoms. The molecule has 1 atom stereocenters. The van der Waals surface area contributed by atoms with Gasteiger partial charge in [0.15, 0.2) is 0 Å². The van der Waals surface area contributed by atoms with E-state index in [0.717, 1.165) is 19.5 Å². The van der Waals surface area contributed by atoms with E-state index in [-0.39, 0.29) is 0 Å².